The number of nitrogens with two attached hydrogens (primary N) is 1. The number of carbonyl (C=O) groups excluding carboxylic acids is 3. The maximum absolute atomic E-state index is 13.7. The van der Waals surface area contributed by atoms with Gasteiger partial charge in [0, 0.05) is 23.9 Å². The first-order chi connectivity index (χ1) is 21.8. The van der Waals surface area contributed by atoms with Gasteiger partial charge in [-0.2, -0.15) is 5.10 Å². The quantitative estimate of drug-likeness (QED) is 0.171. The lowest BCUT2D eigenvalue weighted by Gasteiger charge is -2.24. The number of nitrogens with zero attached hydrogens (tertiary/aromatic N) is 2. The van der Waals surface area contributed by atoms with Gasteiger partial charge in [-0.25, -0.2) is 13.5 Å². The first kappa shape index (κ1) is 31.4. The van der Waals surface area contributed by atoms with Gasteiger partial charge in [0.25, 0.3) is 11.8 Å². The average Bonchev–Trinajstić information content (AvgIpc) is 3.43. The number of aromatic nitrogens is 2. The lowest BCUT2D eigenvalue weighted by molar-refractivity contribution is -0.118. The summed E-state index contributed by atoms with van der Waals surface area (Å²) in [4.78, 5) is 39.2. The van der Waals surface area contributed by atoms with Crippen molar-refractivity contribution >= 4 is 29.2 Å². The molecule has 5 N–H and O–H groups in total. The van der Waals surface area contributed by atoms with E-state index in [1.54, 1.807) is 24.3 Å². The van der Waals surface area contributed by atoms with E-state index in [0.717, 1.165) is 61.6 Å². The standard InChI is InChI=1S/C34H36F2N6O3/c35-25-17-26(36)19-27(18-25)40-34(45)30(16-13-22-7-3-1-4-8-22)41-32(43)24-14-11-23(12-15-24)20-38-33(44)29-21-39-42(31(29)37)28-9-5-2-6-10-28/h2,5-6,9-12,14-15,17-19,21-22,30H,1,3-4,7-8,13,16,20,37H2,(H,38,44)(H,40,45)(H,41,43)/t30-/m0/s1. The van der Waals surface area contributed by atoms with Gasteiger partial charge in [0.2, 0.25) is 5.91 Å². The summed E-state index contributed by atoms with van der Waals surface area (Å²) in [6.07, 6.45) is 8.22. The van der Waals surface area contributed by atoms with Gasteiger partial charge in [0.15, 0.2) is 0 Å². The van der Waals surface area contributed by atoms with E-state index in [9.17, 15) is 23.2 Å². The fourth-order valence-corrected chi connectivity index (χ4v) is 5.60. The van der Waals surface area contributed by atoms with Crippen LogP contribution < -0.4 is 21.7 Å². The van der Waals surface area contributed by atoms with Crippen LogP contribution in [0.1, 0.15) is 71.2 Å². The summed E-state index contributed by atoms with van der Waals surface area (Å²) in [5.74, 6) is -2.32. The van der Waals surface area contributed by atoms with Crippen LogP contribution >= 0.6 is 0 Å². The Labute approximate surface area is 260 Å². The highest BCUT2D eigenvalue weighted by atomic mass is 19.1. The van der Waals surface area contributed by atoms with Crippen LogP contribution in [-0.4, -0.2) is 33.5 Å². The molecule has 0 radical (unpaired) electrons. The van der Waals surface area contributed by atoms with E-state index in [-0.39, 0.29) is 29.5 Å². The molecule has 0 unspecified atom stereocenters. The van der Waals surface area contributed by atoms with E-state index >= 15 is 0 Å². The van der Waals surface area contributed by atoms with Crippen molar-refractivity contribution in [3.05, 3.63) is 107 Å². The van der Waals surface area contributed by atoms with Crippen LogP contribution in [0, 0.1) is 17.6 Å². The fourth-order valence-electron chi connectivity index (χ4n) is 5.60. The Hall–Kier alpha value is -5.06. The molecule has 1 aliphatic rings. The van der Waals surface area contributed by atoms with Crippen molar-refractivity contribution in [1.29, 1.82) is 0 Å². The molecule has 0 aliphatic heterocycles. The minimum atomic E-state index is -0.896. The Morgan fingerprint density at radius 2 is 1.60 bits per heavy atom. The average molecular weight is 615 g/mol. The number of nitrogen functional groups attached to an aromatic ring is 1. The Bertz CT molecular complexity index is 1620. The SMILES string of the molecule is Nc1c(C(=O)NCc2ccc(C(=O)N[C@@H](CCC3CCCCC3)C(=O)Nc3cc(F)cc(F)c3)cc2)cnn1-c1ccccc1. The summed E-state index contributed by atoms with van der Waals surface area (Å²) < 4.78 is 28.9. The molecular formula is C34H36F2N6O3. The molecule has 1 aromatic heterocycles. The molecule has 1 atom stereocenters. The summed E-state index contributed by atoms with van der Waals surface area (Å²) in [5.41, 5.74) is 8.20. The highest BCUT2D eigenvalue weighted by Crippen LogP contribution is 2.28. The predicted molar refractivity (Wildman–Crippen MR) is 168 cm³/mol. The first-order valence-electron chi connectivity index (χ1n) is 15.1. The van der Waals surface area contributed by atoms with Crippen molar-refractivity contribution in [3.63, 3.8) is 0 Å². The second-order valence-electron chi connectivity index (χ2n) is 11.3. The Kier molecular flexibility index (Phi) is 10.2. The molecule has 1 saturated carbocycles. The van der Waals surface area contributed by atoms with Crippen LogP contribution in [0.4, 0.5) is 20.3 Å². The number of rotatable bonds is 11. The lowest BCUT2D eigenvalue weighted by Crippen LogP contribution is -2.44. The number of halogens is 2. The number of nitrogens with one attached hydrogen (secondary N) is 3. The summed E-state index contributed by atoms with van der Waals surface area (Å²) in [7, 11) is 0. The van der Waals surface area contributed by atoms with Crippen molar-refractivity contribution in [3.8, 4) is 5.69 Å². The topological polar surface area (TPSA) is 131 Å². The highest BCUT2D eigenvalue weighted by molar-refractivity contribution is 6.01. The maximum Gasteiger partial charge on any atom is 0.256 e. The van der Waals surface area contributed by atoms with Crippen molar-refractivity contribution in [2.45, 2.75) is 57.5 Å². The van der Waals surface area contributed by atoms with E-state index in [0.29, 0.717) is 17.9 Å². The Balaban J connectivity index is 1.20. The third kappa shape index (κ3) is 8.31. The van der Waals surface area contributed by atoms with E-state index in [1.165, 1.54) is 17.3 Å². The van der Waals surface area contributed by atoms with Crippen LogP contribution in [0.15, 0.2) is 79.0 Å². The zero-order valence-electron chi connectivity index (χ0n) is 24.8. The van der Waals surface area contributed by atoms with Gasteiger partial charge >= 0.3 is 0 Å². The van der Waals surface area contributed by atoms with Crippen LogP contribution in [0.3, 0.4) is 0 Å². The Morgan fingerprint density at radius 1 is 0.911 bits per heavy atom. The molecule has 4 aromatic rings. The molecule has 9 nitrogen and oxygen atoms in total. The van der Waals surface area contributed by atoms with Crippen LogP contribution in [-0.2, 0) is 11.3 Å². The molecule has 0 bridgehead atoms. The first-order valence-corrected chi connectivity index (χ1v) is 15.1. The molecule has 1 heterocycles. The smallest absolute Gasteiger partial charge is 0.256 e. The molecular weight excluding hydrogens is 578 g/mol. The van der Waals surface area contributed by atoms with Crippen LogP contribution in [0.5, 0.6) is 0 Å². The number of hydrogen-bond acceptors (Lipinski definition) is 5. The van der Waals surface area contributed by atoms with E-state index in [2.05, 4.69) is 21.0 Å². The van der Waals surface area contributed by atoms with Crippen LogP contribution in [0.2, 0.25) is 0 Å². The summed E-state index contributed by atoms with van der Waals surface area (Å²) in [6, 6.07) is 17.8. The predicted octanol–water partition coefficient (Wildman–Crippen LogP) is 5.76. The zero-order chi connectivity index (χ0) is 31.8. The summed E-state index contributed by atoms with van der Waals surface area (Å²) in [6.45, 7) is 0.188. The van der Waals surface area contributed by atoms with E-state index < -0.39 is 29.5 Å². The number of benzene rings is 3. The highest BCUT2D eigenvalue weighted by Gasteiger charge is 2.24. The molecule has 234 valence electrons. The second-order valence-corrected chi connectivity index (χ2v) is 11.3. The van der Waals surface area contributed by atoms with Gasteiger partial charge < -0.3 is 21.7 Å². The normalized spacial score (nSPS) is 14.0. The van der Waals surface area contributed by atoms with Gasteiger partial charge in [-0.3, -0.25) is 14.4 Å². The summed E-state index contributed by atoms with van der Waals surface area (Å²) >= 11 is 0. The molecule has 3 aromatic carbocycles. The summed E-state index contributed by atoms with van der Waals surface area (Å²) in [5, 5.41) is 12.4. The second kappa shape index (κ2) is 14.6. The molecule has 1 aliphatic carbocycles. The monoisotopic (exact) mass is 614 g/mol. The largest absolute Gasteiger partial charge is 0.383 e. The number of anilines is 2. The third-order valence-electron chi connectivity index (χ3n) is 8.06. The lowest BCUT2D eigenvalue weighted by atomic mass is 9.85. The van der Waals surface area contributed by atoms with E-state index in [1.807, 2.05) is 30.3 Å². The van der Waals surface area contributed by atoms with Crippen molar-refractivity contribution < 1.29 is 23.2 Å². The van der Waals surface area contributed by atoms with Gasteiger partial charge in [-0.05, 0) is 60.7 Å². The Morgan fingerprint density at radius 3 is 2.29 bits per heavy atom. The molecule has 11 heteroatoms. The minimum Gasteiger partial charge on any atom is -0.383 e. The maximum atomic E-state index is 13.7. The third-order valence-corrected chi connectivity index (χ3v) is 8.06. The number of amides is 3. The number of carbonyl (C=O) groups is 3. The zero-order valence-corrected chi connectivity index (χ0v) is 24.8. The van der Waals surface area contributed by atoms with Gasteiger partial charge in [-0.15, -0.1) is 0 Å². The molecule has 0 spiro atoms. The van der Waals surface area contributed by atoms with Gasteiger partial charge in [0.05, 0.1) is 11.9 Å². The molecule has 0 saturated heterocycles. The minimum absolute atomic E-state index is 0.0185. The molecule has 5 rings (SSSR count). The van der Waals surface area contributed by atoms with Crippen molar-refractivity contribution in [2.24, 2.45) is 5.92 Å². The fraction of sp³-hybridized carbons (Fsp3) is 0.294. The number of hydrogen-bond donors (Lipinski definition) is 4. The van der Waals surface area contributed by atoms with Crippen molar-refractivity contribution in [2.75, 3.05) is 11.1 Å². The molecule has 45 heavy (non-hydrogen) atoms. The van der Waals surface area contributed by atoms with Gasteiger partial charge in [-0.1, -0.05) is 62.4 Å². The molecule has 3 amide bonds. The van der Waals surface area contributed by atoms with Crippen LogP contribution in [0.25, 0.3) is 5.69 Å². The van der Waals surface area contributed by atoms with Crippen molar-refractivity contribution in [1.82, 2.24) is 20.4 Å². The van der Waals surface area contributed by atoms with Gasteiger partial charge in [0.1, 0.15) is 29.1 Å². The number of para-hydroxylation sites is 1. The van der Waals surface area contributed by atoms with E-state index in [4.69, 9.17) is 5.73 Å². The molecule has 1 fully saturated rings.